The lowest BCUT2D eigenvalue weighted by molar-refractivity contribution is -0.117. The second kappa shape index (κ2) is 8.29. The Morgan fingerprint density at radius 2 is 1.64 bits per heavy atom. The maximum Gasteiger partial charge on any atom is 0.264 e. The van der Waals surface area contributed by atoms with Crippen molar-refractivity contribution in [3.63, 3.8) is 0 Å². The van der Waals surface area contributed by atoms with Gasteiger partial charge in [0, 0.05) is 12.6 Å². The number of amides is 2. The highest BCUT2D eigenvalue weighted by Crippen LogP contribution is 2.14. The van der Waals surface area contributed by atoms with Crippen LogP contribution in [0, 0.1) is 0 Å². The molecule has 0 aromatic heterocycles. The molecule has 0 saturated heterocycles. The molecule has 0 saturated carbocycles. The maximum absolute atomic E-state index is 11.9. The molecule has 0 unspecified atom stereocenters. The lowest BCUT2D eigenvalue weighted by Crippen LogP contribution is -2.28. The predicted molar refractivity (Wildman–Crippen MR) is 92.6 cm³/mol. The summed E-state index contributed by atoms with van der Waals surface area (Å²) < 4.78 is 30.9. The number of sulfonamides is 1. The third-order valence-corrected chi connectivity index (χ3v) is 4.52. The minimum Gasteiger partial charge on any atom is -0.493 e. The van der Waals surface area contributed by atoms with Crippen LogP contribution in [0.25, 0.3) is 0 Å². The summed E-state index contributed by atoms with van der Waals surface area (Å²) in [6, 6.07) is 14.7. The molecule has 2 N–H and O–H groups in total. The van der Waals surface area contributed by atoms with E-state index in [0.717, 1.165) is 6.92 Å². The fraction of sp³-hybridized carbons (Fsp3) is 0.176. The molecule has 2 rings (SSSR count). The minimum absolute atomic E-state index is 0.0619. The first-order chi connectivity index (χ1) is 11.9. The van der Waals surface area contributed by atoms with Gasteiger partial charge >= 0.3 is 0 Å². The molecule has 2 aromatic rings. The summed E-state index contributed by atoms with van der Waals surface area (Å²) >= 11 is 0. The van der Waals surface area contributed by atoms with Gasteiger partial charge in [0.05, 0.1) is 17.9 Å². The number of carbonyl (C=O) groups excluding carboxylic acids is 2. The van der Waals surface area contributed by atoms with E-state index in [2.05, 4.69) is 5.32 Å². The normalized spacial score (nSPS) is 10.8. The van der Waals surface area contributed by atoms with Crippen molar-refractivity contribution >= 4 is 27.5 Å². The zero-order chi connectivity index (χ0) is 18.3. The van der Waals surface area contributed by atoms with Crippen LogP contribution in [0.2, 0.25) is 0 Å². The molecule has 0 aliphatic rings. The quantitative estimate of drug-likeness (QED) is 0.783. The van der Waals surface area contributed by atoms with Crippen molar-refractivity contribution < 1.29 is 22.7 Å². The molecule has 132 valence electrons. The van der Waals surface area contributed by atoms with Gasteiger partial charge in [-0.3, -0.25) is 9.59 Å². The Morgan fingerprint density at radius 1 is 1.00 bits per heavy atom. The Labute approximate surface area is 146 Å². The molecule has 0 aliphatic carbocycles. The summed E-state index contributed by atoms with van der Waals surface area (Å²) in [5.74, 6) is -0.243. The molecule has 0 bridgehead atoms. The van der Waals surface area contributed by atoms with Crippen LogP contribution in [-0.2, 0) is 19.6 Å². The molecular formula is C17H18N2O5S. The summed E-state index contributed by atoms with van der Waals surface area (Å²) in [5, 5.41) is 2.65. The van der Waals surface area contributed by atoms with Crippen molar-refractivity contribution in [2.45, 2.75) is 18.2 Å². The van der Waals surface area contributed by atoms with Gasteiger partial charge in [0.15, 0.2) is 0 Å². The molecule has 0 radical (unpaired) electrons. The summed E-state index contributed by atoms with van der Waals surface area (Å²) in [4.78, 5) is 22.7. The van der Waals surface area contributed by atoms with Crippen molar-refractivity contribution in [3.05, 3.63) is 54.6 Å². The lowest BCUT2D eigenvalue weighted by atomic mass is 10.3. The number of para-hydroxylation sites is 1. The molecule has 2 amide bonds. The number of carbonyl (C=O) groups is 2. The van der Waals surface area contributed by atoms with Crippen LogP contribution >= 0.6 is 0 Å². The number of hydrogen-bond acceptors (Lipinski definition) is 5. The van der Waals surface area contributed by atoms with Crippen molar-refractivity contribution in [3.8, 4) is 5.75 Å². The minimum atomic E-state index is -3.88. The van der Waals surface area contributed by atoms with Crippen LogP contribution < -0.4 is 14.8 Å². The number of nitrogens with one attached hydrogen (secondary N) is 2. The van der Waals surface area contributed by atoms with E-state index in [0.29, 0.717) is 11.4 Å². The van der Waals surface area contributed by atoms with Crippen LogP contribution in [0.3, 0.4) is 0 Å². The van der Waals surface area contributed by atoms with Gasteiger partial charge in [-0.25, -0.2) is 13.1 Å². The van der Waals surface area contributed by atoms with Gasteiger partial charge in [-0.1, -0.05) is 18.2 Å². The summed E-state index contributed by atoms with van der Waals surface area (Å²) in [5.41, 5.74) is 0.450. The predicted octanol–water partition coefficient (Wildman–Crippen LogP) is 1.92. The van der Waals surface area contributed by atoms with Crippen molar-refractivity contribution in [2.75, 3.05) is 11.9 Å². The number of ether oxygens (including phenoxy) is 1. The summed E-state index contributed by atoms with van der Waals surface area (Å²) in [6.45, 7) is 1.34. The average Bonchev–Trinajstić information content (AvgIpc) is 2.55. The van der Waals surface area contributed by atoms with Gasteiger partial charge in [0.25, 0.3) is 10.0 Å². The largest absolute Gasteiger partial charge is 0.493 e. The second-order valence-corrected chi connectivity index (χ2v) is 6.83. The van der Waals surface area contributed by atoms with Gasteiger partial charge in [-0.2, -0.15) is 0 Å². The Hall–Kier alpha value is -2.87. The summed E-state index contributed by atoms with van der Waals surface area (Å²) in [6.07, 6.45) is 0.154. The maximum atomic E-state index is 11.9. The van der Waals surface area contributed by atoms with E-state index >= 15 is 0 Å². The Bertz CT molecular complexity index is 833. The van der Waals surface area contributed by atoms with Crippen LogP contribution in [0.1, 0.15) is 13.3 Å². The highest BCUT2D eigenvalue weighted by atomic mass is 32.2. The van der Waals surface area contributed by atoms with E-state index in [9.17, 15) is 18.0 Å². The molecule has 0 heterocycles. The SMILES string of the molecule is CC(=O)NS(=O)(=O)c1ccc(NC(=O)CCOc2ccccc2)cc1. The topological polar surface area (TPSA) is 102 Å². The van der Waals surface area contributed by atoms with Crippen LogP contribution in [0.4, 0.5) is 5.69 Å². The zero-order valence-electron chi connectivity index (χ0n) is 13.6. The van der Waals surface area contributed by atoms with Crippen LogP contribution in [0.5, 0.6) is 5.75 Å². The average molecular weight is 362 g/mol. The van der Waals surface area contributed by atoms with E-state index in [4.69, 9.17) is 4.74 Å². The molecular weight excluding hydrogens is 344 g/mol. The third kappa shape index (κ3) is 5.92. The molecule has 25 heavy (non-hydrogen) atoms. The number of rotatable bonds is 7. The first-order valence-electron chi connectivity index (χ1n) is 7.48. The first kappa shape index (κ1) is 18.5. The van der Waals surface area contributed by atoms with Crippen LogP contribution in [-0.4, -0.2) is 26.8 Å². The van der Waals surface area contributed by atoms with E-state index in [1.165, 1.54) is 24.3 Å². The van der Waals surface area contributed by atoms with E-state index in [-0.39, 0.29) is 23.8 Å². The van der Waals surface area contributed by atoms with Crippen molar-refractivity contribution in [1.82, 2.24) is 4.72 Å². The van der Waals surface area contributed by atoms with E-state index in [1.807, 2.05) is 22.9 Å². The Morgan fingerprint density at radius 3 is 2.24 bits per heavy atom. The first-order valence-corrected chi connectivity index (χ1v) is 8.96. The molecule has 2 aromatic carbocycles. The number of benzene rings is 2. The highest BCUT2D eigenvalue weighted by Gasteiger charge is 2.15. The van der Waals surface area contributed by atoms with Gasteiger partial charge in [-0.15, -0.1) is 0 Å². The van der Waals surface area contributed by atoms with Gasteiger partial charge in [0.2, 0.25) is 11.8 Å². The van der Waals surface area contributed by atoms with Crippen molar-refractivity contribution in [1.29, 1.82) is 0 Å². The molecule has 0 atom stereocenters. The lowest BCUT2D eigenvalue weighted by Gasteiger charge is -2.08. The standard InChI is InChI=1S/C17H18N2O5S/c1-13(20)19-25(22,23)16-9-7-14(8-10-16)18-17(21)11-12-24-15-5-3-2-4-6-15/h2-10H,11-12H2,1H3,(H,18,21)(H,19,20). The Kier molecular flexibility index (Phi) is 6.13. The molecule has 8 heteroatoms. The van der Waals surface area contributed by atoms with Gasteiger partial charge < -0.3 is 10.1 Å². The highest BCUT2D eigenvalue weighted by molar-refractivity contribution is 7.90. The van der Waals surface area contributed by atoms with E-state index in [1.54, 1.807) is 12.1 Å². The summed E-state index contributed by atoms with van der Waals surface area (Å²) in [7, 11) is -3.88. The second-order valence-electron chi connectivity index (χ2n) is 5.15. The fourth-order valence-electron chi connectivity index (χ4n) is 1.97. The molecule has 0 aliphatic heterocycles. The smallest absolute Gasteiger partial charge is 0.264 e. The van der Waals surface area contributed by atoms with Crippen molar-refractivity contribution in [2.24, 2.45) is 0 Å². The zero-order valence-corrected chi connectivity index (χ0v) is 14.4. The van der Waals surface area contributed by atoms with Gasteiger partial charge in [0.1, 0.15) is 5.75 Å². The molecule has 7 nitrogen and oxygen atoms in total. The Balaban J connectivity index is 1.86. The third-order valence-electron chi connectivity index (χ3n) is 3.07. The molecule has 0 spiro atoms. The molecule has 0 fully saturated rings. The monoisotopic (exact) mass is 362 g/mol. The van der Waals surface area contributed by atoms with E-state index < -0.39 is 15.9 Å². The van der Waals surface area contributed by atoms with Gasteiger partial charge in [-0.05, 0) is 36.4 Å². The number of hydrogen-bond donors (Lipinski definition) is 2. The number of anilines is 1. The fourth-order valence-corrected chi connectivity index (χ4v) is 2.96. The van der Waals surface area contributed by atoms with Crippen LogP contribution in [0.15, 0.2) is 59.5 Å².